The molecule has 0 bridgehead atoms. The summed E-state index contributed by atoms with van der Waals surface area (Å²) in [6.07, 6.45) is 5.57. The fourth-order valence-electron chi connectivity index (χ4n) is 2.66. The first-order valence-corrected chi connectivity index (χ1v) is 7.69. The summed E-state index contributed by atoms with van der Waals surface area (Å²) in [5.74, 6) is 0.824. The SMILES string of the molecule is CC(=O)Nc1nc2cc(OCCN3CCCCC3)ncc2[nH]1. The van der Waals surface area contributed by atoms with Crippen LogP contribution in [-0.4, -0.2) is 52.0 Å². The molecule has 3 rings (SSSR count). The van der Waals surface area contributed by atoms with E-state index < -0.39 is 0 Å². The van der Waals surface area contributed by atoms with Crippen molar-refractivity contribution in [2.75, 3.05) is 31.6 Å². The molecule has 1 fully saturated rings. The summed E-state index contributed by atoms with van der Waals surface area (Å²) in [7, 11) is 0. The number of aromatic nitrogens is 3. The molecule has 1 aliphatic heterocycles. The summed E-state index contributed by atoms with van der Waals surface area (Å²) in [6, 6.07) is 1.79. The molecule has 0 radical (unpaired) electrons. The number of carbonyl (C=O) groups is 1. The van der Waals surface area contributed by atoms with Crippen LogP contribution in [0.15, 0.2) is 12.3 Å². The molecule has 2 aromatic heterocycles. The van der Waals surface area contributed by atoms with Gasteiger partial charge in [-0.15, -0.1) is 0 Å². The fourth-order valence-corrected chi connectivity index (χ4v) is 2.66. The van der Waals surface area contributed by atoms with Gasteiger partial charge in [0.05, 0.1) is 17.2 Å². The summed E-state index contributed by atoms with van der Waals surface area (Å²) in [4.78, 5) is 25.0. The Kier molecular flexibility index (Phi) is 4.53. The van der Waals surface area contributed by atoms with Gasteiger partial charge in [0.15, 0.2) is 0 Å². The Hall–Kier alpha value is -2.15. The second-order valence-corrected chi connectivity index (χ2v) is 5.56. The third-order valence-corrected chi connectivity index (χ3v) is 3.74. The van der Waals surface area contributed by atoms with Crippen molar-refractivity contribution in [2.45, 2.75) is 26.2 Å². The zero-order valence-electron chi connectivity index (χ0n) is 12.8. The Morgan fingerprint density at radius 2 is 2.23 bits per heavy atom. The van der Waals surface area contributed by atoms with Crippen molar-refractivity contribution < 1.29 is 9.53 Å². The number of nitrogens with zero attached hydrogens (tertiary/aromatic N) is 3. The highest BCUT2D eigenvalue weighted by atomic mass is 16.5. The number of imidazole rings is 1. The van der Waals surface area contributed by atoms with Gasteiger partial charge in [-0.1, -0.05) is 6.42 Å². The average Bonchev–Trinajstić information content (AvgIpc) is 2.89. The van der Waals surface area contributed by atoms with Crippen LogP contribution in [0, 0.1) is 0 Å². The van der Waals surface area contributed by atoms with E-state index in [-0.39, 0.29) is 5.91 Å². The molecule has 3 heterocycles. The molecule has 1 amide bonds. The number of hydrogen-bond acceptors (Lipinski definition) is 5. The van der Waals surface area contributed by atoms with Crippen LogP contribution in [0.4, 0.5) is 5.95 Å². The quantitative estimate of drug-likeness (QED) is 0.879. The third kappa shape index (κ3) is 3.73. The molecule has 0 unspecified atom stereocenters. The molecule has 22 heavy (non-hydrogen) atoms. The van der Waals surface area contributed by atoms with Crippen LogP contribution in [0.2, 0.25) is 0 Å². The second kappa shape index (κ2) is 6.74. The van der Waals surface area contributed by atoms with E-state index in [1.807, 2.05) is 0 Å². The first-order chi connectivity index (χ1) is 10.7. The van der Waals surface area contributed by atoms with Crippen LogP contribution in [0.3, 0.4) is 0 Å². The standard InChI is InChI=1S/C15H21N5O2/c1-11(21)17-15-18-12-9-14(16-10-13(12)19-15)22-8-7-20-5-3-2-4-6-20/h9-10H,2-8H2,1H3,(H2,17,18,19,21). The predicted octanol–water partition coefficient (Wildman–Crippen LogP) is 1.78. The van der Waals surface area contributed by atoms with Crippen molar-refractivity contribution in [1.29, 1.82) is 0 Å². The maximum atomic E-state index is 11.0. The van der Waals surface area contributed by atoms with Gasteiger partial charge in [-0.3, -0.25) is 15.0 Å². The first kappa shape index (κ1) is 14.8. The normalized spacial score (nSPS) is 15.9. The van der Waals surface area contributed by atoms with E-state index in [2.05, 4.69) is 25.2 Å². The van der Waals surface area contributed by atoms with Crippen LogP contribution in [0.5, 0.6) is 5.88 Å². The summed E-state index contributed by atoms with van der Waals surface area (Å²) >= 11 is 0. The van der Waals surface area contributed by atoms with Crippen LogP contribution >= 0.6 is 0 Å². The zero-order valence-corrected chi connectivity index (χ0v) is 12.8. The van der Waals surface area contributed by atoms with E-state index in [0.717, 1.165) is 30.7 Å². The Bertz CT molecular complexity index is 648. The van der Waals surface area contributed by atoms with Gasteiger partial charge in [0, 0.05) is 19.5 Å². The molecule has 0 atom stereocenters. The number of hydrogen-bond donors (Lipinski definition) is 2. The lowest BCUT2D eigenvalue weighted by atomic mass is 10.1. The van der Waals surface area contributed by atoms with Gasteiger partial charge in [0.1, 0.15) is 6.61 Å². The number of piperidine rings is 1. The minimum Gasteiger partial charge on any atom is -0.476 e. The van der Waals surface area contributed by atoms with E-state index in [1.54, 1.807) is 12.3 Å². The second-order valence-electron chi connectivity index (χ2n) is 5.56. The number of anilines is 1. The van der Waals surface area contributed by atoms with Crippen molar-refractivity contribution in [2.24, 2.45) is 0 Å². The minimum atomic E-state index is -0.162. The van der Waals surface area contributed by atoms with Gasteiger partial charge < -0.3 is 9.72 Å². The monoisotopic (exact) mass is 303 g/mol. The molecule has 2 aromatic rings. The minimum absolute atomic E-state index is 0.162. The Balaban J connectivity index is 1.58. The molecule has 2 N–H and O–H groups in total. The van der Waals surface area contributed by atoms with Crippen LogP contribution in [0.1, 0.15) is 26.2 Å². The number of fused-ring (bicyclic) bond motifs is 1. The number of likely N-dealkylation sites (tertiary alicyclic amines) is 1. The number of carbonyl (C=O) groups excluding carboxylic acids is 1. The highest BCUT2D eigenvalue weighted by Crippen LogP contribution is 2.18. The molecular weight excluding hydrogens is 282 g/mol. The van der Waals surface area contributed by atoms with Crippen molar-refractivity contribution in [3.8, 4) is 5.88 Å². The Morgan fingerprint density at radius 3 is 3.00 bits per heavy atom. The molecule has 7 heteroatoms. The highest BCUT2D eigenvalue weighted by Gasteiger charge is 2.10. The molecular formula is C15H21N5O2. The summed E-state index contributed by atoms with van der Waals surface area (Å²) < 4.78 is 5.71. The Labute approximate surface area is 129 Å². The van der Waals surface area contributed by atoms with E-state index in [0.29, 0.717) is 18.4 Å². The number of H-pyrrole nitrogens is 1. The average molecular weight is 303 g/mol. The lowest BCUT2D eigenvalue weighted by Crippen LogP contribution is -2.33. The van der Waals surface area contributed by atoms with E-state index >= 15 is 0 Å². The molecule has 1 aliphatic rings. The molecule has 0 saturated carbocycles. The number of aromatic amines is 1. The van der Waals surface area contributed by atoms with Gasteiger partial charge in [0.2, 0.25) is 17.7 Å². The summed E-state index contributed by atoms with van der Waals surface area (Å²) in [6.45, 7) is 5.32. The van der Waals surface area contributed by atoms with Crippen molar-refractivity contribution in [3.63, 3.8) is 0 Å². The van der Waals surface area contributed by atoms with Gasteiger partial charge >= 0.3 is 0 Å². The van der Waals surface area contributed by atoms with Crippen molar-refractivity contribution in [3.05, 3.63) is 12.3 Å². The third-order valence-electron chi connectivity index (χ3n) is 3.74. The van der Waals surface area contributed by atoms with Crippen LogP contribution < -0.4 is 10.1 Å². The lowest BCUT2D eigenvalue weighted by Gasteiger charge is -2.25. The van der Waals surface area contributed by atoms with Crippen LogP contribution in [-0.2, 0) is 4.79 Å². The largest absolute Gasteiger partial charge is 0.476 e. The number of nitrogens with one attached hydrogen (secondary N) is 2. The number of pyridine rings is 1. The first-order valence-electron chi connectivity index (χ1n) is 7.69. The van der Waals surface area contributed by atoms with Crippen molar-refractivity contribution in [1.82, 2.24) is 19.9 Å². The van der Waals surface area contributed by atoms with Crippen LogP contribution in [0.25, 0.3) is 11.0 Å². The smallest absolute Gasteiger partial charge is 0.223 e. The van der Waals surface area contributed by atoms with E-state index in [4.69, 9.17) is 4.74 Å². The van der Waals surface area contributed by atoms with Gasteiger partial charge in [-0.25, -0.2) is 9.97 Å². The molecule has 118 valence electrons. The molecule has 0 aliphatic carbocycles. The lowest BCUT2D eigenvalue weighted by molar-refractivity contribution is -0.114. The highest BCUT2D eigenvalue weighted by molar-refractivity contribution is 5.89. The zero-order chi connectivity index (χ0) is 15.4. The fraction of sp³-hybridized carbons (Fsp3) is 0.533. The van der Waals surface area contributed by atoms with Gasteiger partial charge in [-0.2, -0.15) is 0 Å². The summed E-state index contributed by atoms with van der Waals surface area (Å²) in [5, 5.41) is 2.62. The Morgan fingerprint density at radius 1 is 1.41 bits per heavy atom. The molecule has 1 saturated heterocycles. The van der Waals surface area contributed by atoms with E-state index in [9.17, 15) is 4.79 Å². The topological polar surface area (TPSA) is 83.1 Å². The number of rotatable bonds is 5. The maximum absolute atomic E-state index is 11.0. The predicted molar refractivity (Wildman–Crippen MR) is 84.0 cm³/mol. The van der Waals surface area contributed by atoms with Gasteiger partial charge in [-0.05, 0) is 25.9 Å². The molecule has 7 nitrogen and oxygen atoms in total. The maximum Gasteiger partial charge on any atom is 0.223 e. The molecule has 0 spiro atoms. The molecule has 0 aromatic carbocycles. The number of ether oxygens (including phenoxy) is 1. The van der Waals surface area contributed by atoms with Gasteiger partial charge in [0.25, 0.3) is 0 Å². The van der Waals surface area contributed by atoms with Crippen molar-refractivity contribution >= 4 is 22.9 Å². The van der Waals surface area contributed by atoms with E-state index in [1.165, 1.54) is 26.2 Å². The summed E-state index contributed by atoms with van der Waals surface area (Å²) in [5.41, 5.74) is 1.50. The number of amides is 1.